The van der Waals surface area contributed by atoms with Gasteiger partial charge in [0.05, 0.1) is 18.4 Å². The maximum Gasteiger partial charge on any atom is 0.341 e. The molecule has 0 atom stereocenters. The summed E-state index contributed by atoms with van der Waals surface area (Å²) in [5.74, 6) is -1.26. The summed E-state index contributed by atoms with van der Waals surface area (Å²) in [7, 11) is 0. The molecule has 0 aromatic carbocycles. The number of nitrogens with zero attached hydrogens (tertiary/aromatic N) is 1. The Labute approximate surface area is 88.3 Å². The molecule has 1 aromatic heterocycles. The van der Waals surface area contributed by atoms with Gasteiger partial charge in [-0.1, -0.05) is 19.8 Å². The van der Waals surface area contributed by atoms with Gasteiger partial charge in [0.1, 0.15) is 0 Å². The molecule has 15 heavy (non-hydrogen) atoms. The summed E-state index contributed by atoms with van der Waals surface area (Å²) < 4.78 is 18.0. The fourth-order valence-electron chi connectivity index (χ4n) is 1.14. The van der Waals surface area contributed by atoms with E-state index in [1.54, 1.807) is 0 Å². The fraction of sp³-hybridized carbons (Fsp3) is 0.455. The molecule has 0 saturated heterocycles. The molecule has 0 radical (unpaired) electrons. The van der Waals surface area contributed by atoms with Crippen molar-refractivity contribution < 1.29 is 13.9 Å². The zero-order valence-corrected chi connectivity index (χ0v) is 8.70. The van der Waals surface area contributed by atoms with Crippen molar-refractivity contribution in [2.45, 2.75) is 26.2 Å². The van der Waals surface area contributed by atoms with Crippen molar-refractivity contribution in [3.8, 4) is 0 Å². The molecule has 0 aliphatic rings. The van der Waals surface area contributed by atoms with Gasteiger partial charge in [0.15, 0.2) is 5.82 Å². The van der Waals surface area contributed by atoms with Crippen LogP contribution in [0.3, 0.4) is 0 Å². The van der Waals surface area contributed by atoms with Crippen molar-refractivity contribution in [2.75, 3.05) is 6.61 Å². The third-order valence-corrected chi connectivity index (χ3v) is 1.97. The van der Waals surface area contributed by atoms with Gasteiger partial charge in [0.2, 0.25) is 0 Å². The van der Waals surface area contributed by atoms with E-state index in [0.717, 1.165) is 25.5 Å². The number of hydrogen-bond acceptors (Lipinski definition) is 3. The van der Waals surface area contributed by atoms with Crippen LogP contribution < -0.4 is 0 Å². The first-order chi connectivity index (χ1) is 7.25. The summed E-state index contributed by atoms with van der Waals surface area (Å²) in [4.78, 5) is 14.9. The topological polar surface area (TPSA) is 39.2 Å². The third-order valence-electron chi connectivity index (χ3n) is 1.97. The van der Waals surface area contributed by atoms with Crippen LogP contribution in [0.1, 0.15) is 36.5 Å². The van der Waals surface area contributed by atoms with Gasteiger partial charge >= 0.3 is 5.97 Å². The van der Waals surface area contributed by atoms with Gasteiger partial charge in [0, 0.05) is 6.20 Å². The molecule has 0 fully saturated rings. The summed E-state index contributed by atoms with van der Waals surface area (Å²) in [5, 5.41) is 0. The summed E-state index contributed by atoms with van der Waals surface area (Å²) in [6.45, 7) is 2.40. The number of aromatic nitrogens is 1. The Morgan fingerprint density at radius 2 is 2.33 bits per heavy atom. The van der Waals surface area contributed by atoms with Crippen LogP contribution in [0.4, 0.5) is 4.39 Å². The molecule has 1 rings (SSSR count). The highest BCUT2D eigenvalue weighted by molar-refractivity contribution is 5.89. The number of carbonyl (C=O) groups excluding carboxylic acids is 1. The second-order valence-electron chi connectivity index (χ2n) is 3.20. The van der Waals surface area contributed by atoms with Gasteiger partial charge < -0.3 is 4.74 Å². The Morgan fingerprint density at radius 1 is 1.53 bits per heavy atom. The van der Waals surface area contributed by atoms with E-state index in [0.29, 0.717) is 6.61 Å². The fourth-order valence-corrected chi connectivity index (χ4v) is 1.14. The normalized spacial score (nSPS) is 10.0. The zero-order valence-electron chi connectivity index (χ0n) is 8.70. The molecule has 1 heterocycles. The minimum absolute atomic E-state index is 0.0542. The smallest absolute Gasteiger partial charge is 0.341 e. The second kappa shape index (κ2) is 6.11. The van der Waals surface area contributed by atoms with Gasteiger partial charge in [-0.3, -0.25) is 4.98 Å². The molecule has 0 aliphatic carbocycles. The Balaban J connectivity index is 2.44. The molecular weight excluding hydrogens is 197 g/mol. The highest BCUT2D eigenvalue weighted by Gasteiger charge is 2.11. The molecular formula is C11H14FNO2. The number of carbonyl (C=O) groups is 1. The van der Waals surface area contributed by atoms with E-state index in [9.17, 15) is 9.18 Å². The minimum atomic E-state index is -0.641. The van der Waals surface area contributed by atoms with Crippen LogP contribution in [-0.2, 0) is 4.74 Å². The van der Waals surface area contributed by atoms with Gasteiger partial charge in [-0.05, 0) is 12.5 Å². The lowest BCUT2D eigenvalue weighted by Gasteiger charge is -2.04. The maximum absolute atomic E-state index is 13.1. The van der Waals surface area contributed by atoms with Crippen molar-refractivity contribution >= 4 is 5.97 Å². The molecule has 0 bridgehead atoms. The molecule has 1 aromatic rings. The van der Waals surface area contributed by atoms with E-state index in [4.69, 9.17) is 4.74 Å². The Bertz CT molecular complexity index is 328. The highest BCUT2D eigenvalue weighted by atomic mass is 19.1. The lowest BCUT2D eigenvalue weighted by Crippen LogP contribution is -2.08. The molecule has 0 N–H and O–H groups in total. The number of esters is 1. The molecule has 82 valence electrons. The minimum Gasteiger partial charge on any atom is -0.462 e. The number of hydrogen-bond donors (Lipinski definition) is 0. The molecule has 0 saturated carbocycles. The average Bonchev–Trinajstić information content (AvgIpc) is 2.25. The van der Waals surface area contributed by atoms with Crippen molar-refractivity contribution in [3.63, 3.8) is 0 Å². The molecule has 0 aliphatic heterocycles. The highest BCUT2D eigenvalue weighted by Crippen LogP contribution is 2.06. The first-order valence-corrected chi connectivity index (χ1v) is 5.02. The number of ether oxygens (including phenoxy) is 1. The number of halogens is 1. The number of pyridine rings is 1. The van der Waals surface area contributed by atoms with E-state index in [1.807, 2.05) is 0 Å². The van der Waals surface area contributed by atoms with Crippen LogP contribution in [0.25, 0.3) is 0 Å². The lowest BCUT2D eigenvalue weighted by molar-refractivity contribution is 0.0492. The van der Waals surface area contributed by atoms with E-state index >= 15 is 0 Å². The quantitative estimate of drug-likeness (QED) is 0.555. The standard InChI is InChI=1S/C11H14FNO2/c1-2-3-4-7-15-11(14)9-5-6-13-8-10(9)12/h5-6,8H,2-4,7H2,1H3. The van der Waals surface area contributed by atoms with E-state index < -0.39 is 11.8 Å². The van der Waals surface area contributed by atoms with Crippen molar-refractivity contribution in [1.82, 2.24) is 4.98 Å². The Morgan fingerprint density at radius 3 is 3.00 bits per heavy atom. The van der Waals surface area contributed by atoms with E-state index in [-0.39, 0.29) is 5.56 Å². The number of unbranched alkanes of at least 4 members (excludes halogenated alkanes) is 2. The summed E-state index contributed by atoms with van der Waals surface area (Å²) in [6, 6.07) is 1.32. The maximum atomic E-state index is 13.1. The first kappa shape index (κ1) is 11.6. The predicted octanol–water partition coefficient (Wildman–Crippen LogP) is 2.57. The summed E-state index contributed by atoms with van der Waals surface area (Å²) in [5.41, 5.74) is -0.0542. The lowest BCUT2D eigenvalue weighted by atomic mass is 10.2. The molecule has 0 unspecified atom stereocenters. The predicted molar refractivity (Wildman–Crippen MR) is 54.0 cm³/mol. The van der Waals surface area contributed by atoms with Crippen LogP contribution >= 0.6 is 0 Å². The van der Waals surface area contributed by atoms with Crippen LogP contribution in [0.5, 0.6) is 0 Å². The zero-order chi connectivity index (χ0) is 11.1. The molecule has 3 nitrogen and oxygen atoms in total. The third kappa shape index (κ3) is 3.65. The second-order valence-corrected chi connectivity index (χ2v) is 3.20. The average molecular weight is 211 g/mol. The number of rotatable bonds is 5. The SMILES string of the molecule is CCCCCOC(=O)c1ccncc1F. The molecule has 0 spiro atoms. The summed E-state index contributed by atoms with van der Waals surface area (Å²) >= 11 is 0. The van der Waals surface area contributed by atoms with Gasteiger partial charge in [-0.25, -0.2) is 9.18 Å². The first-order valence-electron chi connectivity index (χ1n) is 5.02. The summed E-state index contributed by atoms with van der Waals surface area (Å²) in [6.07, 6.45) is 5.25. The van der Waals surface area contributed by atoms with E-state index in [2.05, 4.69) is 11.9 Å². The monoisotopic (exact) mass is 211 g/mol. The van der Waals surface area contributed by atoms with Gasteiger partial charge in [0.25, 0.3) is 0 Å². The van der Waals surface area contributed by atoms with Crippen LogP contribution in [0.2, 0.25) is 0 Å². The molecule has 4 heteroatoms. The van der Waals surface area contributed by atoms with E-state index in [1.165, 1.54) is 12.3 Å². The van der Waals surface area contributed by atoms with Crippen molar-refractivity contribution in [2.24, 2.45) is 0 Å². The van der Waals surface area contributed by atoms with Crippen LogP contribution in [0, 0.1) is 5.82 Å². The van der Waals surface area contributed by atoms with Crippen LogP contribution in [0.15, 0.2) is 18.5 Å². The Kier molecular flexibility index (Phi) is 4.74. The Hall–Kier alpha value is -1.45. The van der Waals surface area contributed by atoms with Gasteiger partial charge in [-0.15, -0.1) is 0 Å². The molecule has 0 amide bonds. The van der Waals surface area contributed by atoms with Gasteiger partial charge in [-0.2, -0.15) is 0 Å². The van der Waals surface area contributed by atoms with Crippen molar-refractivity contribution in [3.05, 3.63) is 29.8 Å². The largest absolute Gasteiger partial charge is 0.462 e. The van der Waals surface area contributed by atoms with Crippen molar-refractivity contribution in [1.29, 1.82) is 0 Å². The van der Waals surface area contributed by atoms with Crippen LogP contribution in [-0.4, -0.2) is 17.6 Å².